The third kappa shape index (κ3) is 1.99. The molecule has 2 heterocycles. The molecule has 0 aliphatic rings. The fourth-order valence-electron chi connectivity index (χ4n) is 1.63. The largest absolute Gasteiger partial charge is 0.222 e. The van der Waals surface area contributed by atoms with Crippen LogP contribution in [0.15, 0.2) is 48.0 Å². The second-order valence-electron chi connectivity index (χ2n) is 3.78. The molecule has 0 unspecified atom stereocenters. The van der Waals surface area contributed by atoms with Gasteiger partial charge in [0.15, 0.2) is 5.82 Å². The maximum Gasteiger partial charge on any atom is 0.164 e. The summed E-state index contributed by atoms with van der Waals surface area (Å²) in [6.07, 6.45) is 1.93. The zero-order valence-corrected chi connectivity index (χ0v) is 10.2. The van der Waals surface area contributed by atoms with E-state index in [1.165, 1.54) is 0 Å². The Labute approximate surface area is 103 Å². The first-order valence-electron chi connectivity index (χ1n) is 5.36. The van der Waals surface area contributed by atoms with Crippen molar-refractivity contribution in [3.05, 3.63) is 53.7 Å². The summed E-state index contributed by atoms with van der Waals surface area (Å²) in [5.74, 6) is 0.877. The average molecular weight is 241 g/mol. The van der Waals surface area contributed by atoms with Gasteiger partial charge in [-0.1, -0.05) is 30.3 Å². The van der Waals surface area contributed by atoms with Gasteiger partial charge in [-0.15, -0.1) is 11.3 Å². The molecule has 3 nitrogen and oxygen atoms in total. The normalized spacial score (nSPS) is 10.6. The number of aromatic nitrogens is 3. The van der Waals surface area contributed by atoms with Gasteiger partial charge in [-0.05, 0) is 13.0 Å². The lowest BCUT2D eigenvalue weighted by Crippen LogP contribution is -1.94. The highest BCUT2D eigenvalue weighted by Gasteiger charge is 2.06. The van der Waals surface area contributed by atoms with Gasteiger partial charge in [-0.2, -0.15) is 5.10 Å². The quantitative estimate of drug-likeness (QED) is 0.689. The minimum Gasteiger partial charge on any atom is -0.222 e. The Bertz CT molecular complexity index is 625. The Kier molecular flexibility index (Phi) is 2.49. The van der Waals surface area contributed by atoms with Gasteiger partial charge in [-0.25, -0.2) is 9.67 Å². The van der Waals surface area contributed by atoms with Crippen molar-refractivity contribution in [1.29, 1.82) is 0 Å². The molecule has 84 valence electrons. The molecule has 0 saturated carbocycles. The predicted octanol–water partition coefficient (Wildman–Crippen LogP) is 3.30. The molecular weight excluding hydrogens is 230 g/mol. The van der Waals surface area contributed by atoms with Crippen LogP contribution in [-0.4, -0.2) is 14.8 Å². The van der Waals surface area contributed by atoms with E-state index in [4.69, 9.17) is 0 Å². The van der Waals surface area contributed by atoms with Crippen LogP contribution in [-0.2, 0) is 0 Å². The lowest BCUT2D eigenvalue weighted by atomic mass is 10.2. The summed E-state index contributed by atoms with van der Waals surface area (Å²) >= 11 is 1.63. The van der Waals surface area contributed by atoms with Crippen LogP contribution in [0.25, 0.3) is 16.4 Å². The molecule has 3 rings (SSSR count). The Balaban J connectivity index is 1.99. The number of rotatable bonds is 2. The molecule has 1 aromatic carbocycles. The molecule has 3 aromatic rings. The van der Waals surface area contributed by atoms with Crippen LogP contribution in [0.4, 0.5) is 0 Å². The Morgan fingerprint density at radius 2 is 1.94 bits per heavy atom. The molecule has 0 atom stereocenters. The Hall–Kier alpha value is -1.94. The summed E-state index contributed by atoms with van der Waals surface area (Å²) in [5.41, 5.74) is 2.15. The summed E-state index contributed by atoms with van der Waals surface area (Å²) in [6.45, 7) is 1.97. The van der Waals surface area contributed by atoms with Crippen LogP contribution in [0.2, 0.25) is 0 Å². The number of nitrogens with zero attached hydrogens (tertiary/aromatic N) is 3. The second kappa shape index (κ2) is 4.14. The molecule has 2 aromatic heterocycles. The molecule has 0 spiro atoms. The van der Waals surface area contributed by atoms with Crippen LogP contribution in [0.3, 0.4) is 0 Å². The smallest absolute Gasteiger partial charge is 0.164 e. The monoisotopic (exact) mass is 241 g/mol. The predicted molar refractivity (Wildman–Crippen MR) is 69.4 cm³/mol. The standard InChI is InChI=1S/C13H11N3S/c1-10-7-8-16(15-10)12-9-17-13(14-12)11-5-3-2-4-6-11/h2-9H,1H3. The van der Waals surface area contributed by atoms with E-state index in [0.29, 0.717) is 0 Å². The highest BCUT2D eigenvalue weighted by atomic mass is 32.1. The van der Waals surface area contributed by atoms with Crippen molar-refractivity contribution in [1.82, 2.24) is 14.8 Å². The van der Waals surface area contributed by atoms with Gasteiger partial charge in [0, 0.05) is 17.1 Å². The van der Waals surface area contributed by atoms with Gasteiger partial charge in [0.1, 0.15) is 5.01 Å². The molecule has 0 saturated heterocycles. The number of hydrogen-bond acceptors (Lipinski definition) is 3. The molecule has 0 radical (unpaired) electrons. The number of benzene rings is 1. The number of thiazole rings is 1. The third-order valence-electron chi connectivity index (χ3n) is 2.47. The maximum atomic E-state index is 4.58. The van der Waals surface area contributed by atoms with Gasteiger partial charge in [0.25, 0.3) is 0 Å². The Morgan fingerprint density at radius 1 is 1.12 bits per heavy atom. The average Bonchev–Trinajstić information content (AvgIpc) is 2.98. The Morgan fingerprint density at radius 3 is 2.65 bits per heavy atom. The van der Waals surface area contributed by atoms with E-state index in [1.807, 2.05) is 42.8 Å². The molecule has 0 aliphatic heterocycles. The first-order chi connectivity index (χ1) is 8.33. The van der Waals surface area contributed by atoms with E-state index in [1.54, 1.807) is 16.0 Å². The van der Waals surface area contributed by atoms with Crippen molar-refractivity contribution >= 4 is 11.3 Å². The van der Waals surface area contributed by atoms with Crippen molar-refractivity contribution in [2.75, 3.05) is 0 Å². The SMILES string of the molecule is Cc1ccn(-c2csc(-c3ccccc3)n2)n1. The van der Waals surface area contributed by atoms with E-state index in [0.717, 1.165) is 22.1 Å². The van der Waals surface area contributed by atoms with E-state index in [2.05, 4.69) is 22.2 Å². The molecule has 0 aliphatic carbocycles. The molecular formula is C13H11N3S. The zero-order chi connectivity index (χ0) is 11.7. The van der Waals surface area contributed by atoms with E-state index < -0.39 is 0 Å². The van der Waals surface area contributed by atoms with Crippen LogP contribution < -0.4 is 0 Å². The summed E-state index contributed by atoms with van der Waals surface area (Å²) in [7, 11) is 0. The van der Waals surface area contributed by atoms with E-state index >= 15 is 0 Å². The van der Waals surface area contributed by atoms with Gasteiger partial charge in [0.2, 0.25) is 0 Å². The van der Waals surface area contributed by atoms with Gasteiger partial charge >= 0.3 is 0 Å². The first kappa shape index (κ1) is 10.2. The summed E-state index contributed by atoms with van der Waals surface area (Å²) in [6, 6.07) is 12.2. The van der Waals surface area contributed by atoms with E-state index in [9.17, 15) is 0 Å². The van der Waals surface area contributed by atoms with Crippen molar-refractivity contribution in [2.45, 2.75) is 6.92 Å². The molecule has 4 heteroatoms. The topological polar surface area (TPSA) is 30.7 Å². The summed E-state index contributed by atoms with van der Waals surface area (Å²) in [4.78, 5) is 4.58. The molecule has 17 heavy (non-hydrogen) atoms. The lowest BCUT2D eigenvalue weighted by molar-refractivity contribution is 0.840. The molecule has 0 bridgehead atoms. The highest BCUT2D eigenvalue weighted by molar-refractivity contribution is 7.13. The first-order valence-corrected chi connectivity index (χ1v) is 6.24. The van der Waals surface area contributed by atoms with Crippen LogP contribution in [0.1, 0.15) is 5.69 Å². The second-order valence-corrected chi connectivity index (χ2v) is 4.64. The van der Waals surface area contributed by atoms with Gasteiger partial charge < -0.3 is 0 Å². The lowest BCUT2D eigenvalue weighted by Gasteiger charge is -1.95. The van der Waals surface area contributed by atoms with Crippen molar-refractivity contribution < 1.29 is 0 Å². The van der Waals surface area contributed by atoms with Crippen LogP contribution >= 0.6 is 11.3 Å². The van der Waals surface area contributed by atoms with Gasteiger partial charge in [0.05, 0.1) is 5.69 Å². The fraction of sp³-hybridized carbons (Fsp3) is 0.0769. The molecule has 0 amide bonds. The van der Waals surface area contributed by atoms with Crippen LogP contribution in [0, 0.1) is 6.92 Å². The van der Waals surface area contributed by atoms with Crippen molar-refractivity contribution in [3.63, 3.8) is 0 Å². The summed E-state index contributed by atoms with van der Waals surface area (Å²) in [5, 5.41) is 7.39. The highest BCUT2D eigenvalue weighted by Crippen LogP contribution is 2.24. The molecule has 0 N–H and O–H groups in total. The van der Waals surface area contributed by atoms with Gasteiger partial charge in [-0.3, -0.25) is 0 Å². The van der Waals surface area contributed by atoms with Crippen molar-refractivity contribution in [3.8, 4) is 16.4 Å². The number of aryl methyl sites for hydroxylation is 1. The third-order valence-corrected chi connectivity index (χ3v) is 3.35. The van der Waals surface area contributed by atoms with Crippen LogP contribution in [0.5, 0.6) is 0 Å². The minimum absolute atomic E-state index is 0.877. The van der Waals surface area contributed by atoms with E-state index in [-0.39, 0.29) is 0 Å². The van der Waals surface area contributed by atoms with Crippen molar-refractivity contribution in [2.24, 2.45) is 0 Å². The minimum atomic E-state index is 0.877. The molecule has 0 fully saturated rings. The summed E-state index contributed by atoms with van der Waals surface area (Å²) < 4.78 is 1.80. The zero-order valence-electron chi connectivity index (χ0n) is 9.37. The fourth-order valence-corrected chi connectivity index (χ4v) is 2.42. The maximum absolute atomic E-state index is 4.58. The number of hydrogen-bond donors (Lipinski definition) is 0.